The van der Waals surface area contributed by atoms with Crippen LogP contribution in [-0.4, -0.2) is 41.2 Å². The second-order valence-electron chi connectivity index (χ2n) is 10.3. The zero-order valence-electron chi connectivity index (χ0n) is 22.9. The van der Waals surface area contributed by atoms with Crippen molar-refractivity contribution in [1.82, 2.24) is 10.3 Å². The minimum Gasteiger partial charge on any atom is -0.503 e. The van der Waals surface area contributed by atoms with Crippen molar-refractivity contribution in [2.45, 2.75) is 57.3 Å². The van der Waals surface area contributed by atoms with Crippen molar-refractivity contribution in [3.05, 3.63) is 89.2 Å². The van der Waals surface area contributed by atoms with E-state index in [-0.39, 0.29) is 29.7 Å². The van der Waals surface area contributed by atoms with E-state index in [2.05, 4.69) is 10.3 Å². The lowest BCUT2D eigenvalue weighted by atomic mass is 9.77. The first-order chi connectivity index (χ1) is 19.6. The highest BCUT2D eigenvalue weighted by molar-refractivity contribution is 5.97. The molecule has 0 aliphatic carbocycles. The summed E-state index contributed by atoms with van der Waals surface area (Å²) in [4.78, 5) is 30.1. The molecule has 1 saturated heterocycles. The molecule has 4 atom stereocenters. The summed E-state index contributed by atoms with van der Waals surface area (Å²) in [5, 5.41) is 13.0. The number of alkyl halides is 3. The van der Waals surface area contributed by atoms with Crippen molar-refractivity contribution < 1.29 is 37.3 Å². The number of hydrogen-bond donors (Lipinski definition) is 2. The van der Waals surface area contributed by atoms with Gasteiger partial charge < -0.3 is 19.9 Å². The topological polar surface area (TPSA) is 97.8 Å². The van der Waals surface area contributed by atoms with E-state index in [1.165, 1.54) is 31.5 Å². The maximum absolute atomic E-state index is 13.2. The van der Waals surface area contributed by atoms with Gasteiger partial charge in [-0.05, 0) is 61.8 Å². The van der Waals surface area contributed by atoms with Crippen molar-refractivity contribution in [2.75, 3.05) is 7.11 Å². The smallest absolute Gasteiger partial charge is 0.416 e. The average Bonchev–Trinajstić information content (AvgIpc) is 2.99. The van der Waals surface area contributed by atoms with E-state index in [9.17, 15) is 27.9 Å². The Labute approximate surface area is 236 Å². The molecule has 41 heavy (non-hydrogen) atoms. The number of carbonyl (C=O) groups excluding carboxylic acids is 2. The number of aromatic hydroxyl groups is 1. The first-order valence-corrected chi connectivity index (χ1v) is 13.5. The lowest BCUT2D eigenvalue weighted by Crippen LogP contribution is -2.43. The Balaban J connectivity index is 1.56. The van der Waals surface area contributed by atoms with Gasteiger partial charge in [0.05, 0.1) is 12.7 Å². The molecule has 0 bridgehead atoms. The largest absolute Gasteiger partial charge is 0.503 e. The normalized spacial score (nSPS) is 21.6. The first-order valence-electron chi connectivity index (χ1n) is 13.5. The predicted molar refractivity (Wildman–Crippen MR) is 145 cm³/mol. The van der Waals surface area contributed by atoms with Crippen molar-refractivity contribution in [3.8, 4) is 11.5 Å². The Bertz CT molecular complexity index is 1330. The molecular weight excluding hydrogens is 537 g/mol. The fourth-order valence-electron chi connectivity index (χ4n) is 5.38. The van der Waals surface area contributed by atoms with Gasteiger partial charge in [0.25, 0.3) is 5.91 Å². The number of carbonyl (C=O) groups is 2. The highest BCUT2D eigenvalue weighted by Gasteiger charge is 2.35. The molecule has 7 nitrogen and oxygen atoms in total. The van der Waals surface area contributed by atoms with Crippen LogP contribution in [0.15, 0.2) is 66.9 Å². The molecule has 3 aromatic rings. The summed E-state index contributed by atoms with van der Waals surface area (Å²) < 4.78 is 50.3. The quantitative estimate of drug-likeness (QED) is 0.352. The number of halogens is 3. The Hall–Kier alpha value is -4.08. The number of hydrogen-bond acceptors (Lipinski definition) is 6. The molecule has 218 valence electrons. The molecule has 2 heterocycles. The monoisotopic (exact) mass is 570 g/mol. The van der Waals surface area contributed by atoms with Crippen LogP contribution < -0.4 is 10.1 Å². The minimum absolute atomic E-state index is 0.00621. The van der Waals surface area contributed by atoms with Gasteiger partial charge in [0, 0.05) is 18.2 Å². The third-order valence-electron chi connectivity index (χ3n) is 7.58. The maximum Gasteiger partial charge on any atom is 0.416 e. The second-order valence-corrected chi connectivity index (χ2v) is 10.3. The van der Waals surface area contributed by atoms with E-state index in [1.807, 2.05) is 37.3 Å². The first kappa shape index (κ1) is 29.9. The summed E-state index contributed by atoms with van der Waals surface area (Å²) in [6.07, 6.45) is -1.01. The molecule has 1 aliphatic heterocycles. The van der Waals surface area contributed by atoms with Crippen molar-refractivity contribution >= 4 is 11.9 Å². The fraction of sp³-hybridized carbons (Fsp3) is 0.387. The zero-order chi connectivity index (χ0) is 29.6. The Morgan fingerprint density at radius 1 is 1.05 bits per heavy atom. The number of esters is 1. The number of rotatable bonds is 7. The number of pyridine rings is 1. The summed E-state index contributed by atoms with van der Waals surface area (Å²) in [6, 6.07) is 15.4. The fourth-order valence-corrected chi connectivity index (χ4v) is 5.38. The number of aromatic nitrogens is 1. The number of benzene rings is 2. The van der Waals surface area contributed by atoms with E-state index < -0.39 is 41.5 Å². The highest BCUT2D eigenvalue weighted by atomic mass is 19.4. The van der Waals surface area contributed by atoms with Gasteiger partial charge in [0.2, 0.25) is 0 Å². The zero-order valence-corrected chi connectivity index (χ0v) is 22.9. The van der Waals surface area contributed by atoms with E-state index in [1.54, 1.807) is 0 Å². The van der Waals surface area contributed by atoms with Crippen LogP contribution in [-0.2, 0) is 28.5 Å². The molecule has 2 N–H and O–H groups in total. The highest BCUT2D eigenvalue weighted by Crippen LogP contribution is 2.34. The van der Waals surface area contributed by atoms with Crippen molar-refractivity contribution in [3.63, 3.8) is 0 Å². The van der Waals surface area contributed by atoms with Gasteiger partial charge in [-0.3, -0.25) is 4.79 Å². The number of methoxy groups -OCH3 is 1. The van der Waals surface area contributed by atoms with E-state index in [4.69, 9.17) is 9.47 Å². The van der Waals surface area contributed by atoms with Crippen LogP contribution in [0.2, 0.25) is 0 Å². The van der Waals surface area contributed by atoms with Gasteiger partial charge >= 0.3 is 12.1 Å². The summed E-state index contributed by atoms with van der Waals surface area (Å²) in [5.74, 6) is -1.82. The summed E-state index contributed by atoms with van der Waals surface area (Å²) in [7, 11) is 1.35. The van der Waals surface area contributed by atoms with Crippen molar-refractivity contribution in [2.24, 2.45) is 11.8 Å². The van der Waals surface area contributed by atoms with Crippen LogP contribution in [0.25, 0.3) is 0 Å². The summed E-state index contributed by atoms with van der Waals surface area (Å²) in [5.41, 5.74) is 0.853. The molecule has 0 radical (unpaired) electrons. The number of cyclic esters (lactones) is 1. The number of amides is 1. The van der Waals surface area contributed by atoms with Crippen LogP contribution in [0, 0.1) is 11.8 Å². The average molecular weight is 571 g/mol. The maximum atomic E-state index is 13.2. The third-order valence-corrected chi connectivity index (χ3v) is 7.58. The van der Waals surface area contributed by atoms with Crippen molar-refractivity contribution in [1.29, 1.82) is 0 Å². The molecular formula is C31H33F3N2O5. The Kier molecular flexibility index (Phi) is 9.52. The predicted octanol–water partition coefficient (Wildman–Crippen LogP) is 5.75. The number of nitrogens with one attached hydrogen (secondary N) is 1. The van der Waals surface area contributed by atoms with Crippen LogP contribution in [0.4, 0.5) is 13.2 Å². The molecule has 10 heteroatoms. The lowest BCUT2D eigenvalue weighted by molar-refractivity contribution is -0.153. The molecule has 1 aromatic heterocycles. The third kappa shape index (κ3) is 7.56. The SMILES string of the molecule is COc1ccnc(C(=O)NC2CCCC(Cc3ccc(C(F)(F)F)cc3)C(Cc3ccccc3)C(C)OC2=O)c1O. The van der Waals surface area contributed by atoms with E-state index >= 15 is 0 Å². The standard InChI is InChI=1S/C31H33F3N2O5/c1-19-24(18-20-7-4-3-5-8-20)22(17-21-11-13-23(14-12-21)31(32,33)34)9-6-10-25(30(39)41-19)36-29(38)27-28(37)26(40-2)15-16-35-27/h3-5,7-8,11-16,19,22,24-25,37H,6,9-10,17-18H2,1-2H3,(H,36,38). The Morgan fingerprint density at radius 2 is 1.73 bits per heavy atom. The molecule has 1 aliphatic rings. The second kappa shape index (κ2) is 13.1. The van der Waals surface area contributed by atoms with Gasteiger partial charge in [-0.15, -0.1) is 0 Å². The number of nitrogens with zero attached hydrogens (tertiary/aromatic N) is 1. The molecule has 4 unspecified atom stereocenters. The number of ether oxygens (including phenoxy) is 2. The van der Waals surface area contributed by atoms with Gasteiger partial charge in [-0.1, -0.05) is 48.9 Å². The Morgan fingerprint density at radius 3 is 2.39 bits per heavy atom. The van der Waals surface area contributed by atoms with Crippen LogP contribution >= 0.6 is 0 Å². The minimum atomic E-state index is -4.41. The van der Waals surface area contributed by atoms with Crippen LogP contribution in [0.1, 0.15) is 53.4 Å². The van der Waals surface area contributed by atoms with Gasteiger partial charge in [0.1, 0.15) is 12.1 Å². The lowest BCUT2D eigenvalue weighted by Gasteiger charge is -2.31. The summed E-state index contributed by atoms with van der Waals surface area (Å²) >= 11 is 0. The van der Waals surface area contributed by atoms with Gasteiger partial charge in [-0.25, -0.2) is 9.78 Å². The van der Waals surface area contributed by atoms with Crippen LogP contribution in [0.5, 0.6) is 11.5 Å². The van der Waals surface area contributed by atoms with Gasteiger partial charge in [-0.2, -0.15) is 13.2 Å². The van der Waals surface area contributed by atoms with Crippen LogP contribution in [0.3, 0.4) is 0 Å². The molecule has 0 saturated carbocycles. The van der Waals surface area contributed by atoms with E-state index in [0.717, 1.165) is 23.3 Å². The molecule has 2 aromatic carbocycles. The summed E-state index contributed by atoms with van der Waals surface area (Å²) in [6.45, 7) is 1.81. The molecule has 1 amide bonds. The van der Waals surface area contributed by atoms with Gasteiger partial charge in [0.15, 0.2) is 17.2 Å². The molecule has 1 fully saturated rings. The van der Waals surface area contributed by atoms with E-state index in [0.29, 0.717) is 25.7 Å². The molecule has 4 rings (SSSR count). The molecule has 0 spiro atoms.